The summed E-state index contributed by atoms with van der Waals surface area (Å²) in [5.74, 6) is 0.269. The van der Waals surface area contributed by atoms with E-state index in [0.29, 0.717) is 27.7 Å². The van der Waals surface area contributed by atoms with E-state index in [2.05, 4.69) is 15.4 Å². The van der Waals surface area contributed by atoms with Gasteiger partial charge in [0.05, 0.1) is 28.9 Å². The Morgan fingerprint density at radius 2 is 1.94 bits per heavy atom. The molecule has 1 unspecified atom stereocenters. The molecule has 3 heterocycles. The largest absolute Gasteiger partial charge is 0.455 e. The number of benzene rings is 1. The fraction of sp³-hybridized carbons (Fsp3) is 0.261. The predicted molar refractivity (Wildman–Crippen MR) is 132 cm³/mol. The molecule has 0 radical (unpaired) electrons. The van der Waals surface area contributed by atoms with Crippen LogP contribution in [0.3, 0.4) is 0 Å². The Kier molecular flexibility index (Phi) is 6.43. The molecule has 35 heavy (non-hydrogen) atoms. The molecule has 4 rings (SSSR count). The van der Waals surface area contributed by atoms with Crippen molar-refractivity contribution in [1.82, 2.24) is 14.8 Å². The van der Waals surface area contributed by atoms with E-state index in [-0.39, 0.29) is 22.0 Å². The van der Waals surface area contributed by atoms with Crippen molar-refractivity contribution in [3.8, 4) is 11.3 Å². The Bertz CT molecular complexity index is 1610. The second-order valence-corrected chi connectivity index (χ2v) is 10.2. The maximum absolute atomic E-state index is 13.7. The number of pyridine rings is 1. The van der Waals surface area contributed by atoms with E-state index >= 15 is 0 Å². The van der Waals surface area contributed by atoms with Gasteiger partial charge in [0.1, 0.15) is 16.5 Å². The third-order valence-corrected chi connectivity index (χ3v) is 6.62. The lowest BCUT2D eigenvalue weighted by Gasteiger charge is -2.19. The Morgan fingerprint density at radius 3 is 2.57 bits per heavy atom. The van der Waals surface area contributed by atoms with E-state index in [9.17, 15) is 17.6 Å². The topological polar surface area (TPSA) is 133 Å². The zero-order valence-corrected chi connectivity index (χ0v) is 20.9. The van der Waals surface area contributed by atoms with Crippen molar-refractivity contribution >= 4 is 38.3 Å². The number of aromatic nitrogens is 3. The van der Waals surface area contributed by atoms with Gasteiger partial charge in [0, 0.05) is 17.3 Å². The van der Waals surface area contributed by atoms with Crippen LogP contribution in [0.4, 0.5) is 10.1 Å². The van der Waals surface area contributed by atoms with Crippen LogP contribution in [0.25, 0.3) is 22.3 Å². The lowest BCUT2D eigenvalue weighted by Crippen LogP contribution is -2.18. The fourth-order valence-corrected chi connectivity index (χ4v) is 4.73. The van der Waals surface area contributed by atoms with Crippen molar-refractivity contribution < 1.29 is 17.2 Å². The molecule has 9 nitrogen and oxygen atoms in total. The average Bonchev–Trinajstić information content (AvgIpc) is 3.27. The lowest BCUT2D eigenvalue weighted by atomic mass is 9.99. The highest BCUT2D eigenvalue weighted by Gasteiger charge is 2.23. The number of nitrogens with one attached hydrogen (secondary N) is 1. The third kappa shape index (κ3) is 4.79. The molecule has 0 aliphatic carbocycles. The number of nitrogens with two attached hydrogens (primary N) is 1. The summed E-state index contributed by atoms with van der Waals surface area (Å²) in [4.78, 5) is 17.1. The molecular formula is C23H23ClFN5O4S. The molecule has 0 amide bonds. The summed E-state index contributed by atoms with van der Waals surface area (Å²) < 4.78 is 45.1. The zero-order valence-electron chi connectivity index (χ0n) is 19.3. The van der Waals surface area contributed by atoms with Crippen LogP contribution in [-0.2, 0) is 10.0 Å². The van der Waals surface area contributed by atoms with E-state index in [4.69, 9.17) is 21.2 Å². The standard InChI is InChI=1S/C23H23ClFN5O4S/c1-11-7-16(13(3)28-18-5-6-19(24)29-23(18)35(26,32)33)22-17(8-11)20(31)12(2)21(34-22)15-9-27-30(10-15)14(4)25/h5-10,13-14,28H,1-4H3,(H2,26,32,33)/t13-,14?/m1/s1. The number of nitrogens with zero attached hydrogens (tertiary/aromatic N) is 3. The Labute approximate surface area is 205 Å². The van der Waals surface area contributed by atoms with Crippen molar-refractivity contribution in [2.45, 2.75) is 45.1 Å². The van der Waals surface area contributed by atoms with Crippen LogP contribution in [0.2, 0.25) is 5.15 Å². The van der Waals surface area contributed by atoms with Crippen LogP contribution < -0.4 is 15.9 Å². The first kappa shape index (κ1) is 24.8. The molecule has 0 aliphatic heterocycles. The fourth-order valence-electron chi connectivity index (χ4n) is 3.87. The highest BCUT2D eigenvalue weighted by atomic mass is 35.5. The predicted octanol–water partition coefficient (Wildman–Crippen LogP) is 4.63. The van der Waals surface area contributed by atoms with Gasteiger partial charge >= 0.3 is 0 Å². The minimum absolute atomic E-state index is 0.0255. The number of primary sulfonamides is 1. The summed E-state index contributed by atoms with van der Waals surface area (Å²) in [6.45, 7) is 6.59. The van der Waals surface area contributed by atoms with Gasteiger partial charge in [0.15, 0.2) is 16.8 Å². The van der Waals surface area contributed by atoms with Crippen molar-refractivity contribution in [3.63, 3.8) is 0 Å². The Hall–Kier alpha value is -3.28. The molecule has 0 spiro atoms. The van der Waals surface area contributed by atoms with Crippen molar-refractivity contribution in [3.05, 3.63) is 68.7 Å². The molecule has 0 saturated carbocycles. The normalized spacial score (nSPS) is 13.7. The van der Waals surface area contributed by atoms with Crippen LogP contribution in [0.5, 0.6) is 0 Å². The maximum Gasteiger partial charge on any atom is 0.257 e. The van der Waals surface area contributed by atoms with E-state index in [1.54, 1.807) is 19.9 Å². The van der Waals surface area contributed by atoms with Crippen molar-refractivity contribution in [2.75, 3.05) is 5.32 Å². The van der Waals surface area contributed by atoms with Gasteiger partial charge in [-0.05, 0) is 51.5 Å². The van der Waals surface area contributed by atoms with Gasteiger partial charge in [-0.3, -0.25) is 4.79 Å². The van der Waals surface area contributed by atoms with Gasteiger partial charge in [-0.2, -0.15) is 5.10 Å². The first-order valence-corrected chi connectivity index (χ1v) is 12.5. The smallest absolute Gasteiger partial charge is 0.257 e. The number of anilines is 1. The summed E-state index contributed by atoms with van der Waals surface area (Å²) in [5.41, 5.74) is 2.43. The molecule has 0 saturated heterocycles. The monoisotopic (exact) mass is 519 g/mol. The molecule has 3 aromatic heterocycles. The summed E-state index contributed by atoms with van der Waals surface area (Å²) in [7, 11) is -4.17. The van der Waals surface area contributed by atoms with Gasteiger partial charge in [-0.15, -0.1) is 0 Å². The van der Waals surface area contributed by atoms with Crippen LogP contribution in [0, 0.1) is 13.8 Å². The average molecular weight is 520 g/mol. The molecule has 4 aromatic rings. The van der Waals surface area contributed by atoms with Gasteiger partial charge in [0.2, 0.25) is 0 Å². The van der Waals surface area contributed by atoms with E-state index in [1.807, 2.05) is 13.0 Å². The Balaban J connectivity index is 1.88. The molecule has 2 atom stereocenters. The molecule has 0 aliphatic rings. The first-order valence-electron chi connectivity index (χ1n) is 10.6. The Morgan fingerprint density at radius 1 is 1.23 bits per heavy atom. The van der Waals surface area contributed by atoms with Crippen molar-refractivity contribution in [1.29, 1.82) is 0 Å². The summed E-state index contributed by atoms with van der Waals surface area (Å²) in [6.07, 6.45) is 1.55. The third-order valence-electron chi connectivity index (χ3n) is 5.55. The molecule has 1 aromatic carbocycles. The number of sulfonamides is 1. The summed E-state index contributed by atoms with van der Waals surface area (Å²) in [6, 6.07) is 5.91. The minimum atomic E-state index is -4.17. The minimum Gasteiger partial charge on any atom is -0.455 e. The number of hydrogen-bond donors (Lipinski definition) is 2. The second-order valence-electron chi connectivity index (χ2n) is 8.30. The number of hydrogen-bond acceptors (Lipinski definition) is 7. The summed E-state index contributed by atoms with van der Waals surface area (Å²) >= 11 is 5.87. The number of halogens is 2. The maximum atomic E-state index is 13.7. The second kappa shape index (κ2) is 9.06. The van der Waals surface area contributed by atoms with E-state index in [0.717, 1.165) is 10.2 Å². The first-order chi connectivity index (χ1) is 16.4. The number of aryl methyl sites for hydroxylation is 1. The zero-order chi connectivity index (χ0) is 25.7. The molecule has 184 valence electrons. The highest BCUT2D eigenvalue weighted by molar-refractivity contribution is 7.89. The quantitative estimate of drug-likeness (QED) is 0.355. The van der Waals surface area contributed by atoms with Crippen LogP contribution in [0.15, 0.2) is 50.9 Å². The molecule has 0 bridgehead atoms. The van der Waals surface area contributed by atoms with Crippen LogP contribution >= 0.6 is 11.6 Å². The van der Waals surface area contributed by atoms with Crippen molar-refractivity contribution in [2.24, 2.45) is 5.14 Å². The van der Waals surface area contributed by atoms with Crippen LogP contribution in [-0.4, -0.2) is 23.2 Å². The molecule has 12 heteroatoms. The lowest BCUT2D eigenvalue weighted by molar-refractivity contribution is 0.245. The number of fused-ring (bicyclic) bond motifs is 1. The highest BCUT2D eigenvalue weighted by Crippen LogP contribution is 2.33. The number of rotatable bonds is 6. The van der Waals surface area contributed by atoms with E-state index < -0.39 is 27.4 Å². The molecule has 3 N–H and O–H groups in total. The molecular weight excluding hydrogens is 497 g/mol. The van der Waals surface area contributed by atoms with Gasteiger partial charge in [0.25, 0.3) is 10.0 Å². The van der Waals surface area contributed by atoms with Crippen LogP contribution in [0.1, 0.15) is 42.9 Å². The SMILES string of the molecule is Cc1cc([C@@H](C)Nc2ccc(Cl)nc2S(N)(=O)=O)c2oc(-c3cnn(C(C)F)c3)c(C)c(=O)c2c1. The summed E-state index contributed by atoms with van der Waals surface area (Å²) in [5, 5.41) is 12.3. The number of alkyl halides is 1. The van der Waals surface area contributed by atoms with Gasteiger partial charge in [-0.25, -0.2) is 27.6 Å². The van der Waals surface area contributed by atoms with E-state index in [1.165, 1.54) is 31.5 Å². The van der Waals surface area contributed by atoms with Gasteiger partial charge in [-0.1, -0.05) is 17.7 Å². The van der Waals surface area contributed by atoms with Gasteiger partial charge < -0.3 is 9.73 Å². The molecule has 0 fully saturated rings.